The first-order chi connectivity index (χ1) is 10.4. The molecule has 0 spiro atoms. The van der Waals surface area contributed by atoms with E-state index in [2.05, 4.69) is 9.72 Å². The van der Waals surface area contributed by atoms with Gasteiger partial charge in [0.1, 0.15) is 0 Å². The molecule has 0 saturated carbocycles. The summed E-state index contributed by atoms with van der Waals surface area (Å²) in [6.45, 7) is 0. The van der Waals surface area contributed by atoms with Crippen molar-refractivity contribution in [1.82, 2.24) is 4.98 Å². The molecule has 0 aliphatic heterocycles. The van der Waals surface area contributed by atoms with E-state index in [1.54, 1.807) is 0 Å². The summed E-state index contributed by atoms with van der Waals surface area (Å²) in [5.41, 5.74) is -1.02. The van der Waals surface area contributed by atoms with Gasteiger partial charge in [0.25, 0.3) is 0 Å². The fourth-order valence-corrected chi connectivity index (χ4v) is 2.01. The lowest BCUT2D eigenvalue weighted by Crippen LogP contribution is -2.10. The first-order valence-corrected chi connectivity index (χ1v) is 6.17. The molecule has 116 valence electrons. The maximum absolute atomic E-state index is 13.1. The molecule has 7 heteroatoms. The summed E-state index contributed by atoms with van der Waals surface area (Å²) < 4.78 is 48.9. The lowest BCUT2D eigenvalue weighted by Gasteiger charge is -2.15. The minimum atomic E-state index is -4.55. The van der Waals surface area contributed by atoms with E-state index >= 15 is 0 Å². The van der Waals surface area contributed by atoms with Gasteiger partial charge in [-0.1, -0.05) is 18.2 Å². The molecule has 0 bridgehead atoms. The molecule has 1 aromatic carbocycles. The van der Waals surface area contributed by atoms with Crippen LogP contribution < -0.4 is 4.74 Å². The van der Waals surface area contributed by atoms with Crippen LogP contribution in [0.4, 0.5) is 13.2 Å². The fraction of sp³-hybridized carbons (Fsp3) is 0.200. The lowest BCUT2D eigenvalue weighted by atomic mass is 9.96. The standard InChI is InChI=1S/C15H12F3NO3/c1-21-13-7-10(14(20)22-2)11(8-19-13)9-5-3-4-6-12(9)15(16,17)18/h3-8H,1-2H3. The smallest absolute Gasteiger partial charge is 0.417 e. The molecule has 0 atom stereocenters. The van der Waals surface area contributed by atoms with Gasteiger partial charge in [-0.25, -0.2) is 9.78 Å². The second-order valence-electron chi connectivity index (χ2n) is 4.31. The van der Waals surface area contributed by atoms with Crippen molar-refractivity contribution < 1.29 is 27.4 Å². The van der Waals surface area contributed by atoms with Crippen molar-refractivity contribution in [3.63, 3.8) is 0 Å². The van der Waals surface area contributed by atoms with Gasteiger partial charge in [-0.2, -0.15) is 13.2 Å². The summed E-state index contributed by atoms with van der Waals surface area (Å²) >= 11 is 0. The number of ether oxygens (including phenoxy) is 2. The zero-order valence-corrected chi connectivity index (χ0v) is 11.8. The Morgan fingerprint density at radius 1 is 1.14 bits per heavy atom. The van der Waals surface area contributed by atoms with Crippen LogP contribution in [0, 0.1) is 0 Å². The lowest BCUT2D eigenvalue weighted by molar-refractivity contribution is -0.137. The predicted octanol–water partition coefficient (Wildman–Crippen LogP) is 3.56. The van der Waals surface area contributed by atoms with E-state index < -0.39 is 17.7 Å². The number of halogens is 3. The van der Waals surface area contributed by atoms with Crippen molar-refractivity contribution in [2.45, 2.75) is 6.18 Å². The third kappa shape index (κ3) is 3.03. The Bertz CT molecular complexity index is 699. The molecule has 0 aliphatic carbocycles. The highest BCUT2D eigenvalue weighted by Gasteiger charge is 2.34. The van der Waals surface area contributed by atoms with Crippen LogP contribution in [-0.4, -0.2) is 25.2 Å². The number of rotatable bonds is 3. The molecule has 22 heavy (non-hydrogen) atoms. The molecule has 2 aromatic rings. The van der Waals surface area contributed by atoms with Crippen molar-refractivity contribution in [3.8, 4) is 17.0 Å². The van der Waals surface area contributed by atoms with Crippen LogP contribution in [0.15, 0.2) is 36.5 Å². The van der Waals surface area contributed by atoms with E-state index in [0.717, 1.165) is 19.4 Å². The number of hydrogen-bond donors (Lipinski definition) is 0. The van der Waals surface area contributed by atoms with Gasteiger partial charge in [0.15, 0.2) is 0 Å². The van der Waals surface area contributed by atoms with Crippen molar-refractivity contribution in [3.05, 3.63) is 47.7 Å². The van der Waals surface area contributed by atoms with Crippen LogP contribution in [0.1, 0.15) is 15.9 Å². The van der Waals surface area contributed by atoms with E-state index in [0.29, 0.717) is 0 Å². The highest BCUT2D eigenvalue weighted by molar-refractivity contribution is 5.97. The second-order valence-corrected chi connectivity index (χ2v) is 4.31. The Morgan fingerprint density at radius 2 is 1.82 bits per heavy atom. The van der Waals surface area contributed by atoms with E-state index in [1.807, 2.05) is 0 Å². The van der Waals surface area contributed by atoms with Crippen LogP contribution >= 0.6 is 0 Å². The van der Waals surface area contributed by atoms with Crippen molar-refractivity contribution in [2.24, 2.45) is 0 Å². The minimum absolute atomic E-state index is 0.0283. The molecule has 4 nitrogen and oxygen atoms in total. The van der Waals surface area contributed by atoms with E-state index in [4.69, 9.17) is 4.74 Å². The highest BCUT2D eigenvalue weighted by Crippen LogP contribution is 2.38. The van der Waals surface area contributed by atoms with Crippen LogP contribution in [0.3, 0.4) is 0 Å². The van der Waals surface area contributed by atoms with Gasteiger partial charge in [0.05, 0.1) is 25.3 Å². The molecule has 1 aromatic heterocycles. The summed E-state index contributed by atoms with van der Waals surface area (Å²) in [5, 5.41) is 0. The number of carbonyl (C=O) groups is 1. The molecule has 2 rings (SSSR count). The third-order valence-electron chi connectivity index (χ3n) is 3.02. The molecule has 0 unspecified atom stereocenters. The van der Waals surface area contributed by atoms with Gasteiger partial charge in [0, 0.05) is 17.8 Å². The average molecular weight is 311 g/mol. The molecular weight excluding hydrogens is 299 g/mol. The Balaban J connectivity index is 2.70. The van der Waals surface area contributed by atoms with Crippen LogP contribution in [0.25, 0.3) is 11.1 Å². The van der Waals surface area contributed by atoms with Crippen LogP contribution in [0.2, 0.25) is 0 Å². The van der Waals surface area contributed by atoms with Crippen molar-refractivity contribution in [2.75, 3.05) is 14.2 Å². The monoisotopic (exact) mass is 311 g/mol. The molecule has 0 fully saturated rings. The van der Waals surface area contributed by atoms with Gasteiger partial charge < -0.3 is 9.47 Å². The maximum atomic E-state index is 13.1. The number of methoxy groups -OCH3 is 2. The fourth-order valence-electron chi connectivity index (χ4n) is 2.01. The average Bonchev–Trinajstić information content (AvgIpc) is 2.52. The predicted molar refractivity (Wildman–Crippen MR) is 72.6 cm³/mol. The number of aromatic nitrogens is 1. The van der Waals surface area contributed by atoms with E-state index in [1.165, 1.54) is 31.4 Å². The normalized spacial score (nSPS) is 11.1. The molecule has 0 saturated heterocycles. The zero-order valence-electron chi connectivity index (χ0n) is 11.8. The molecular formula is C15H12F3NO3. The van der Waals surface area contributed by atoms with Crippen molar-refractivity contribution in [1.29, 1.82) is 0 Å². The SMILES string of the molecule is COC(=O)c1cc(OC)ncc1-c1ccccc1C(F)(F)F. The Hall–Kier alpha value is -2.57. The van der Waals surface area contributed by atoms with Gasteiger partial charge in [0.2, 0.25) is 5.88 Å². The van der Waals surface area contributed by atoms with Gasteiger partial charge in [-0.3, -0.25) is 0 Å². The first-order valence-electron chi connectivity index (χ1n) is 6.17. The number of pyridine rings is 1. The highest BCUT2D eigenvalue weighted by atomic mass is 19.4. The van der Waals surface area contributed by atoms with Gasteiger partial charge >= 0.3 is 12.1 Å². The summed E-state index contributed by atoms with van der Waals surface area (Å²) in [6.07, 6.45) is -3.39. The van der Waals surface area contributed by atoms with E-state index in [9.17, 15) is 18.0 Å². The maximum Gasteiger partial charge on any atom is 0.417 e. The molecule has 1 heterocycles. The minimum Gasteiger partial charge on any atom is -0.481 e. The molecule has 0 N–H and O–H groups in total. The number of nitrogens with zero attached hydrogens (tertiary/aromatic N) is 1. The van der Waals surface area contributed by atoms with Crippen LogP contribution in [-0.2, 0) is 10.9 Å². The number of esters is 1. The Labute approximate surface area is 124 Å². The van der Waals surface area contributed by atoms with E-state index in [-0.39, 0.29) is 22.6 Å². The summed E-state index contributed by atoms with van der Waals surface area (Å²) in [6, 6.07) is 6.20. The quantitative estimate of drug-likeness (QED) is 0.813. The number of benzene rings is 1. The third-order valence-corrected chi connectivity index (χ3v) is 3.02. The molecule has 0 aliphatic rings. The number of alkyl halides is 3. The van der Waals surface area contributed by atoms with Gasteiger partial charge in [-0.15, -0.1) is 0 Å². The summed E-state index contributed by atoms with van der Waals surface area (Å²) in [4.78, 5) is 15.7. The summed E-state index contributed by atoms with van der Waals surface area (Å²) in [7, 11) is 2.49. The second kappa shape index (κ2) is 6.05. The largest absolute Gasteiger partial charge is 0.481 e. The topological polar surface area (TPSA) is 48.4 Å². The number of carbonyl (C=O) groups excluding carboxylic acids is 1. The Kier molecular flexibility index (Phi) is 4.35. The summed E-state index contributed by atoms with van der Waals surface area (Å²) in [5.74, 6) is -0.665. The molecule has 0 amide bonds. The van der Waals surface area contributed by atoms with Gasteiger partial charge in [-0.05, 0) is 11.6 Å². The zero-order chi connectivity index (χ0) is 16.3. The number of hydrogen-bond acceptors (Lipinski definition) is 4. The first kappa shape index (κ1) is 15.8. The Morgan fingerprint density at radius 3 is 2.41 bits per heavy atom. The van der Waals surface area contributed by atoms with Crippen LogP contribution in [0.5, 0.6) is 5.88 Å². The van der Waals surface area contributed by atoms with Crippen molar-refractivity contribution >= 4 is 5.97 Å². The molecule has 0 radical (unpaired) electrons.